The molecule has 0 aliphatic heterocycles. The van der Waals surface area contributed by atoms with Crippen LogP contribution in [0.5, 0.6) is 0 Å². The molecule has 0 aromatic rings. The number of carbonyl (C=O) groups is 2. The smallest absolute Gasteiger partial charge is 0.337 e. The third kappa shape index (κ3) is 9.41. The number of nitrogens with zero attached hydrogens (tertiary/aromatic N) is 1. The maximum Gasteiger partial charge on any atom is 0.337 e. The minimum absolute atomic E-state index is 0. The van der Waals surface area contributed by atoms with Crippen LogP contribution in [0, 0.1) is 0 Å². The lowest BCUT2D eigenvalue weighted by Crippen LogP contribution is -3.00. The molecule has 0 radical (unpaired) electrons. The standard InChI is InChI=1S/C12H24NO2.C5H8O2.ClH/c1-7-13(8-2,9-3)11(6)15-12(14)10(4)5;1-3-4(2)5(6)7;/h11H,4,7-9H2,1-3,5-6H3;3H,1-2H3,(H,6,7);1H/q+1;;/p-1. The minimum Gasteiger partial charge on any atom is -1.00 e. The van der Waals surface area contributed by atoms with E-state index in [1.807, 2.05) is 6.92 Å². The fraction of sp³-hybridized carbons (Fsp3) is 0.647. The van der Waals surface area contributed by atoms with E-state index in [2.05, 4.69) is 27.4 Å². The maximum absolute atomic E-state index is 11.4. The number of aliphatic carboxylic acids is 1. The first-order valence-electron chi connectivity index (χ1n) is 7.70. The van der Waals surface area contributed by atoms with Gasteiger partial charge in [0.1, 0.15) is 0 Å². The Bertz CT molecular complexity index is 407. The van der Waals surface area contributed by atoms with Crippen molar-refractivity contribution in [1.82, 2.24) is 0 Å². The molecule has 0 bridgehead atoms. The predicted octanol–water partition coefficient (Wildman–Crippen LogP) is 0.369. The normalized spacial score (nSPS) is 12.2. The summed E-state index contributed by atoms with van der Waals surface area (Å²) in [5.74, 6) is -1.14. The Morgan fingerprint density at radius 2 is 1.57 bits per heavy atom. The van der Waals surface area contributed by atoms with Gasteiger partial charge in [-0.05, 0) is 41.5 Å². The Hall–Kier alpha value is -1.33. The summed E-state index contributed by atoms with van der Waals surface area (Å²) in [5, 5.41) is 8.11. The molecule has 23 heavy (non-hydrogen) atoms. The summed E-state index contributed by atoms with van der Waals surface area (Å²) in [4.78, 5) is 21.3. The van der Waals surface area contributed by atoms with E-state index in [0.29, 0.717) is 11.1 Å². The number of quaternary nitrogens is 1. The molecule has 6 heteroatoms. The molecule has 0 aliphatic rings. The molecule has 0 rings (SSSR count). The Kier molecular flexibility index (Phi) is 15.2. The lowest BCUT2D eigenvalue weighted by Gasteiger charge is -2.40. The monoisotopic (exact) mass is 349 g/mol. The number of carboxylic acids is 1. The maximum atomic E-state index is 11.4. The molecule has 136 valence electrons. The van der Waals surface area contributed by atoms with Crippen LogP contribution >= 0.6 is 0 Å². The number of allylic oxidation sites excluding steroid dienone is 1. The van der Waals surface area contributed by atoms with E-state index in [1.165, 1.54) is 0 Å². The Morgan fingerprint density at radius 3 is 1.74 bits per heavy atom. The summed E-state index contributed by atoms with van der Waals surface area (Å²) < 4.78 is 6.19. The SMILES string of the molecule is C=C(C)C(=O)OC(C)[N+](CC)(CC)CC.CC=C(C)C(=O)O.[Cl-]. The Morgan fingerprint density at radius 1 is 1.17 bits per heavy atom. The van der Waals surface area contributed by atoms with Crippen molar-refractivity contribution in [1.29, 1.82) is 0 Å². The van der Waals surface area contributed by atoms with E-state index in [4.69, 9.17) is 9.84 Å². The first-order valence-corrected chi connectivity index (χ1v) is 7.70. The largest absolute Gasteiger partial charge is 1.00 e. The fourth-order valence-electron chi connectivity index (χ4n) is 1.93. The van der Waals surface area contributed by atoms with Crippen molar-refractivity contribution in [3.8, 4) is 0 Å². The van der Waals surface area contributed by atoms with Crippen LogP contribution in [0.4, 0.5) is 0 Å². The average molecular weight is 350 g/mol. The van der Waals surface area contributed by atoms with Crippen molar-refractivity contribution in [2.75, 3.05) is 19.6 Å². The van der Waals surface area contributed by atoms with E-state index in [-0.39, 0.29) is 24.6 Å². The lowest BCUT2D eigenvalue weighted by atomic mass is 10.3. The highest BCUT2D eigenvalue weighted by atomic mass is 35.5. The van der Waals surface area contributed by atoms with Crippen LogP contribution in [0.1, 0.15) is 48.5 Å². The Balaban J connectivity index is -0.000000425. The van der Waals surface area contributed by atoms with Crippen molar-refractivity contribution in [3.05, 3.63) is 23.8 Å². The first kappa shape index (κ1) is 26.6. The molecule has 0 spiro atoms. The van der Waals surface area contributed by atoms with Gasteiger partial charge < -0.3 is 22.3 Å². The van der Waals surface area contributed by atoms with Crippen LogP contribution < -0.4 is 12.4 Å². The molecule has 0 heterocycles. The van der Waals surface area contributed by atoms with Crippen LogP contribution in [0.2, 0.25) is 0 Å². The molecule has 0 aromatic heterocycles. The summed E-state index contributed by atoms with van der Waals surface area (Å²) >= 11 is 0. The minimum atomic E-state index is -0.845. The van der Waals surface area contributed by atoms with Crippen LogP contribution in [0.3, 0.4) is 0 Å². The molecular weight excluding hydrogens is 318 g/mol. The van der Waals surface area contributed by atoms with Gasteiger partial charge in [-0.1, -0.05) is 12.7 Å². The fourth-order valence-corrected chi connectivity index (χ4v) is 1.93. The van der Waals surface area contributed by atoms with Crippen LogP contribution in [-0.4, -0.2) is 47.4 Å². The molecule has 1 atom stereocenters. The van der Waals surface area contributed by atoms with Gasteiger partial charge in [0.25, 0.3) is 0 Å². The highest BCUT2D eigenvalue weighted by Crippen LogP contribution is 2.15. The number of carboxylic acid groups (broad SMARTS) is 1. The van der Waals surface area contributed by atoms with Gasteiger partial charge in [0.2, 0.25) is 6.23 Å². The van der Waals surface area contributed by atoms with Gasteiger partial charge in [-0.3, -0.25) is 4.48 Å². The summed E-state index contributed by atoms with van der Waals surface area (Å²) in [7, 11) is 0. The third-order valence-corrected chi connectivity index (χ3v) is 4.06. The van der Waals surface area contributed by atoms with Gasteiger partial charge in [-0.2, -0.15) is 0 Å². The van der Waals surface area contributed by atoms with E-state index >= 15 is 0 Å². The van der Waals surface area contributed by atoms with E-state index in [9.17, 15) is 9.59 Å². The van der Waals surface area contributed by atoms with Gasteiger partial charge in [0.15, 0.2) is 0 Å². The molecule has 5 nitrogen and oxygen atoms in total. The summed E-state index contributed by atoms with van der Waals surface area (Å²) in [5.41, 5.74) is 0.850. The second-order valence-electron chi connectivity index (χ2n) is 5.23. The molecule has 0 saturated heterocycles. The number of esters is 1. The second-order valence-corrected chi connectivity index (χ2v) is 5.23. The average Bonchev–Trinajstić information content (AvgIpc) is 2.49. The van der Waals surface area contributed by atoms with Crippen molar-refractivity contribution < 1.29 is 36.3 Å². The topological polar surface area (TPSA) is 63.6 Å². The number of halogens is 1. The lowest BCUT2D eigenvalue weighted by molar-refractivity contribution is -0.962. The zero-order valence-electron chi connectivity index (χ0n) is 15.5. The van der Waals surface area contributed by atoms with Crippen LogP contribution in [-0.2, 0) is 14.3 Å². The van der Waals surface area contributed by atoms with Gasteiger partial charge >= 0.3 is 11.9 Å². The van der Waals surface area contributed by atoms with Gasteiger partial charge in [-0.25, -0.2) is 9.59 Å². The van der Waals surface area contributed by atoms with Crippen molar-refractivity contribution >= 4 is 11.9 Å². The van der Waals surface area contributed by atoms with Crippen molar-refractivity contribution in [3.63, 3.8) is 0 Å². The summed E-state index contributed by atoms with van der Waals surface area (Å²) in [6.07, 6.45) is 1.46. The van der Waals surface area contributed by atoms with Crippen LogP contribution in [0.25, 0.3) is 0 Å². The third-order valence-electron chi connectivity index (χ3n) is 4.06. The second kappa shape index (κ2) is 13.1. The van der Waals surface area contributed by atoms with E-state index in [0.717, 1.165) is 24.1 Å². The van der Waals surface area contributed by atoms with Gasteiger partial charge in [0.05, 0.1) is 19.6 Å². The number of hydrogen-bond donors (Lipinski definition) is 1. The van der Waals surface area contributed by atoms with Crippen molar-refractivity contribution in [2.24, 2.45) is 0 Å². The number of rotatable bonds is 7. The molecule has 1 N–H and O–H groups in total. The van der Waals surface area contributed by atoms with Crippen LogP contribution in [0.15, 0.2) is 23.8 Å². The quantitative estimate of drug-likeness (QED) is 0.312. The number of hydrogen-bond acceptors (Lipinski definition) is 3. The zero-order valence-corrected chi connectivity index (χ0v) is 16.2. The van der Waals surface area contributed by atoms with E-state index in [1.54, 1.807) is 26.8 Å². The summed E-state index contributed by atoms with van der Waals surface area (Å²) in [6, 6.07) is 0. The Labute approximate surface area is 147 Å². The summed E-state index contributed by atoms with van der Waals surface area (Å²) in [6.45, 7) is 19.8. The highest BCUT2D eigenvalue weighted by molar-refractivity contribution is 5.87. The number of carbonyl (C=O) groups excluding carboxylic acids is 1. The molecular formula is C17H32ClNO4. The molecule has 0 saturated carbocycles. The highest BCUT2D eigenvalue weighted by Gasteiger charge is 2.31. The molecule has 0 amide bonds. The van der Waals surface area contributed by atoms with Crippen molar-refractivity contribution in [2.45, 2.75) is 54.7 Å². The predicted molar refractivity (Wildman–Crippen MR) is 89.3 cm³/mol. The first-order chi connectivity index (χ1) is 10.1. The molecule has 1 unspecified atom stereocenters. The van der Waals surface area contributed by atoms with E-state index < -0.39 is 5.97 Å². The van der Waals surface area contributed by atoms with Gasteiger partial charge in [-0.15, -0.1) is 0 Å². The van der Waals surface area contributed by atoms with Gasteiger partial charge in [0, 0.05) is 18.1 Å². The molecule has 0 fully saturated rings. The molecule has 0 aromatic carbocycles. The number of ether oxygens (including phenoxy) is 1. The molecule has 0 aliphatic carbocycles. The zero-order chi connectivity index (χ0) is 17.9.